The van der Waals surface area contributed by atoms with Crippen LogP contribution in [0.25, 0.3) is 11.3 Å². The van der Waals surface area contributed by atoms with Crippen LogP contribution in [0.15, 0.2) is 29.6 Å². The van der Waals surface area contributed by atoms with Crippen molar-refractivity contribution >= 4 is 52.3 Å². The molecule has 6 nitrogen and oxygen atoms in total. The van der Waals surface area contributed by atoms with Crippen molar-refractivity contribution in [3.63, 3.8) is 0 Å². The second-order valence-corrected chi connectivity index (χ2v) is 10.0. The second-order valence-electron chi connectivity index (χ2n) is 8.56. The summed E-state index contributed by atoms with van der Waals surface area (Å²) in [5, 5.41) is 2.66. The van der Waals surface area contributed by atoms with Crippen molar-refractivity contribution in [3.8, 4) is 11.3 Å². The summed E-state index contributed by atoms with van der Waals surface area (Å²) in [6.45, 7) is 6.45. The van der Waals surface area contributed by atoms with E-state index in [-0.39, 0.29) is 11.1 Å². The molecule has 0 saturated carbocycles. The quantitative estimate of drug-likeness (QED) is 0.448. The third kappa shape index (κ3) is 4.74. The van der Waals surface area contributed by atoms with E-state index in [0.29, 0.717) is 5.02 Å². The highest BCUT2D eigenvalue weighted by molar-refractivity contribution is 7.04. The predicted octanol–water partition coefficient (Wildman–Crippen LogP) is 5.75. The van der Waals surface area contributed by atoms with Crippen LogP contribution in [0.4, 0.5) is 22.0 Å². The van der Waals surface area contributed by atoms with E-state index in [1.807, 2.05) is 11.4 Å². The topological polar surface area (TPSA) is 48.4 Å². The Hall–Kier alpha value is -2.16. The highest BCUT2D eigenvalue weighted by Gasteiger charge is 2.28. The van der Waals surface area contributed by atoms with Gasteiger partial charge in [0, 0.05) is 55.8 Å². The normalized spacial score (nSPS) is 19.3. The average molecular weight is 507 g/mol. The maximum atomic E-state index is 13.8. The molecule has 1 unspecified atom stereocenters. The zero-order chi connectivity index (χ0) is 22.9. The fraction of sp³-hybridized carbons (Fsp3) is 0.435. The minimum absolute atomic E-state index is 0.0920. The fourth-order valence-corrected chi connectivity index (χ4v) is 5.60. The van der Waals surface area contributed by atoms with Crippen molar-refractivity contribution in [2.24, 2.45) is 0 Å². The average Bonchev–Trinajstić information content (AvgIpc) is 3.27. The fourth-order valence-electron chi connectivity index (χ4n) is 4.53. The number of aromatic nitrogens is 3. The minimum Gasteiger partial charge on any atom is -0.351 e. The first kappa shape index (κ1) is 22.6. The molecule has 2 aliphatic heterocycles. The van der Waals surface area contributed by atoms with Crippen LogP contribution in [0.5, 0.6) is 0 Å². The van der Waals surface area contributed by atoms with Gasteiger partial charge in [-0.05, 0) is 55.9 Å². The lowest BCUT2D eigenvalue weighted by Crippen LogP contribution is -2.52. The van der Waals surface area contributed by atoms with Gasteiger partial charge in [-0.25, -0.2) is 9.37 Å². The number of hydrogen-bond acceptors (Lipinski definition) is 7. The van der Waals surface area contributed by atoms with Crippen LogP contribution < -0.4 is 14.7 Å². The zero-order valence-electron chi connectivity index (χ0n) is 18.3. The molecule has 5 rings (SSSR count). The van der Waals surface area contributed by atoms with Gasteiger partial charge in [-0.15, -0.1) is 0 Å². The van der Waals surface area contributed by atoms with Gasteiger partial charge in [-0.2, -0.15) is 9.36 Å². The van der Waals surface area contributed by atoms with Gasteiger partial charge < -0.3 is 14.7 Å². The first-order valence-electron chi connectivity index (χ1n) is 11.2. The summed E-state index contributed by atoms with van der Waals surface area (Å²) in [6.07, 6.45) is 3.50. The molecule has 1 aromatic carbocycles. The molecule has 0 N–H and O–H groups in total. The molecule has 1 atom stereocenters. The number of nitrogens with zero attached hydrogens (tertiary/aromatic N) is 6. The molecule has 3 aromatic rings. The number of benzene rings is 1. The molecule has 2 fully saturated rings. The second kappa shape index (κ2) is 9.60. The Labute approximate surface area is 207 Å². The van der Waals surface area contributed by atoms with Gasteiger partial charge in [0.1, 0.15) is 11.6 Å². The van der Waals surface area contributed by atoms with E-state index < -0.39 is 5.82 Å². The van der Waals surface area contributed by atoms with E-state index in [1.54, 1.807) is 12.1 Å². The van der Waals surface area contributed by atoms with Crippen molar-refractivity contribution in [2.45, 2.75) is 32.2 Å². The third-order valence-electron chi connectivity index (χ3n) is 6.29. The minimum atomic E-state index is -0.434. The zero-order valence-corrected chi connectivity index (χ0v) is 20.7. The van der Waals surface area contributed by atoms with Crippen LogP contribution >= 0.6 is 34.7 Å². The Morgan fingerprint density at radius 2 is 1.79 bits per heavy atom. The standard InChI is InChI=1S/C23H25Cl2FN6S/c1-15-13-31(22-18(25)14-33-29-22)9-10-32(15)21-12-20(16-5-6-19(26)17(24)11-16)27-23(28-21)30-7-3-2-4-8-30/h5-6,11-12,14-15H,2-4,7-10,13H2,1H3. The molecule has 0 amide bonds. The molecule has 0 radical (unpaired) electrons. The summed E-state index contributed by atoms with van der Waals surface area (Å²) in [5.74, 6) is 2.01. The molecule has 33 heavy (non-hydrogen) atoms. The van der Waals surface area contributed by atoms with Crippen molar-refractivity contribution in [2.75, 3.05) is 47.4 Å². The highest BCUT2D eigenvalue weighted by atomic mass is 35.5. The smallest absolute Gasteiger partial charge is 0.227 e. The Kier molecular flexibility index (Phi) is 6.58. The number of hydrogen-bond donors (Lipinski definition) is 0. The Morgan fingerprint density at radius 1 is 0.970 bits per heavy atom. The number of piperidine rings is 1. The molecular weight excluding hydrogens is 482 g/mol. The first-order chi connectivity index (χ1) is 16.0. The largest absolute Gasteiger partial charge is 0.351 e. The highest BCUT2D eigenvalue weighted by Crippen LogP contribution is 2.32. The van der Waals surface area contributed by atoms with Crippen LogP contribution in [0.1, 0.15) is 26.2 Å². The van der Waals surface area contributed by atoms with Gasteiger partial charge in [-0.1, -0.05) is 23.2 Å². The molecule has 2 saturated heterocycles. The number of rotatable bonds is 4. The van der Waals surface area contributed by atoms with Crippen LogP contribution in [-0.4, -0.2) is 53.1 Å². The molecule has 0 spiro atoms. The van der Waals surface area contributed by atoms with Crippen LogP contribution in [-0.2, 0) is 0 Å². The Morgan fingerprint density at radius 3 is 2.48 bits per heavy atom. The van der Waals surface area contributed by atoms with Crippen molar-refractivity contribution < 1.29 is 4.39 Å². The van der Waals surface area contributed by atoms with Gasteiger partial charge in [0.05, 0.1) is 15.7 Å². The lowest BCUT2D eigenvalue weighted by atomic mass is 10.1. The predicted molar refractivity (Wildman–Crippen MR) is 135 cm³/mol. The summed E-state index contributed by atoms with van der Waals surface area (Å²) in [6, 6.07) is 6.93. The monoisotopic (exact) mass is 506 g/mol. The number of piperazine rings is 1. The van der Waals surface area contributed by atoms with Gasteiger partial charge in [0.2, 0.25) is 5.95 Å². The third-order valence-corrected chi connectivity index (χ3v) is 7.60. The molecule has 0 bridgehead atoms. The molecule has 2 aromatic heterocycles. The number of anilines is 3. The SMILES string of the molecule is CC1CN(c2nscc2Cl)CCN1c1cc(-c2ccc(F)c(Cl)c2)nc(N2CCCCC2)n1. The summed E-state index contributed by atoms with van der Waals surface area (Å²) >= 11 is 13.8. The van der Waals surface area contributed by atoms with Crippen LogP contribution in [0.2, 0.25) is 10.0 Å². The van der Waals surface area contributed by atoms with Crippen molar-refractivity contribution in [1.82, 2.24) is 14.3 Å². The van der Waals surface area contributed by atoms with E-state index in [0.717, 1.165) is 74.4 Å². The van der Waals surface area contributed by atoms with Gasteiger partial charge in [-0.3, -0.25) is 0 Å². The van der Waals surface area contributed by atoms with Gasteiger partial charge in [0.25, 0.3) is 0 Å². The molecule has 0 aliphatic carbocycles. The number of halogens is 3. The van der Waals surface area contributed by atoms with Crippen molar-refractivity contribution in [1.29, 1.82) is 0 Å². The maximum Gasteiger partial charge on any atom is 0.227 e. The molecule has 174 valence electrons. The van der Waals surface area contributed by atoms with Crippen molar-refractivity contribution in [3.05, 3.63) is 45.5 Å². The summed E-state index contributed by atoms with van der Waals surface area (Å²) in [5.41, 5.74) is 1.53. The Balaban J connectivity index is 1.48. The van der Waals surface area contributed by atoms with Crippen LogP contribution in [0.3, 0.4) is 0 Å². The summed E-state index contributed by atoms with van der Waals surface area (Å²) in [7, 11) is 0. The van der Waals surface area contributed by atoms with Gasteiger partial charge >= 0.3 is 0 Å². The molecule has 2 aliphatic rings. The Bertz CT molecular complexity index is 1140. The van der Waals surface area contributed by atoms with Gasteiger partial charge in [0.15, 0.2) is 5.82 Å². The lowest BCUT2D eigenvalue weighted by Gasteiger charge is -2.41. The van der Waals surface area contributed by atoms with E-state index in [4.69, 9.17) is 33.2 Å². The maximum absolute atomic E-state index is 13.8. The molecule has 10 heteroatoms. The molecular formula is C23H25Cl2FN6S. The van der Waals surface area contributed by atoms with E-state index in [2.05, 4.69) is 26.0 Å². The van der Waals surface area contributed by atoms with E-state index >= 15 is 0 Å². The summed E-state index contributed by atoms with van der Waals surface area (Å²) in [4.78, 5) is 16.6. The van der Waals surface area contributed by atoms with E-state index in [9.17, 15) is 4.39 Å². The lowest BCUT2D eigenvalue weighted by molar-refractivity contribution is 0.540. The van der Waals surface area contributed by atoms with E-state index in [1.165, 1.54) is 24.0 Å². The first-order valence-corrected chi connectivity index (χ1v) is 12.8. The van der Waals surface area contributed by atoms with Crippen LogP contribution in [0, 0.1) is 5.82 Å². The molecule has 4 heterocycles. The summed E-state index contributed by atoms with van der Waals surface area (Å²) < 4.78 is 18.2.